The lowest BCUT2D eigenvalue weighted by Crippen LogP contribution is -3.13. The highest BCUT2D eigenvalue weighted by molar-refractivity contribution is 5.42. The molecule has 0 radical (unpaired) electrons. The third-order valence-electron chi connectivity index (χ3n) is 4.31. The van der Waals surface area contributed by atoms with E-state index in [4.69, 9.17) is 4.74 Å². The normalized spacial score (nSPS) is 23.9. The molecule has 18 heavy (non-hydrogen) atoms. The molecule has 0 amide bonds. The lowest BCUT2D eigenvalue weighted by atomic mass is 9.94. The highest BCUT2D eigenvalue weighted by atomic mass is 16.5. The summed E-state index contributed by atoms with van der Waals surface area (Å²) in [5, 5.41) is 2.45. The molecule has 1 aromatic rings. The average molecular weight is 248 g/mol. The van der Waals surface area contributed by atoms with E-state index in [1.807, 2.05) is 0 Å². The van der Waals surface area contributed by atoms with Crippen molar-refractivity contribution < 1.29 is 15.0 Å². The monoisotopic (exact) mass is 248 g/mol. The van der Waals surface area contributed by atoms with Crippen LogP contribution >= 0.6 is 0 Å². The van der Waals surface area contributed by atoms with Crippen molar-refractivity contribution in [1.29, 1.82) is 0 Å². The van der Waals surface area contributed by atoms with Gasteiger partial charge in [0, 0.05) is 18.4 Å². The van der Waals surface area contributed by atoms with Crippen LogP contribution in [0.5, 0.6) is 5.75 Å². The summed E-state index contributed by atoms with van der Waals surface area (Å²) < 4.78 is 5.87. The fraction of sp³-hybridized carbons (Fsp3) is 0.600. The van der Waals surface area contributed by atoms with Gasteiger partial charge in [0.1, 0.15) is 18.8 Å². The Balaban J connectivity index is 1.96. The summed E-state index contributed by atoms with van der Waals surface area (Å²) in [6.45, 7) is 7.83. The van der Waals surface area contributed by atoms with Crippen molar-refractivity contribution in [3.8, 4) is 5.75 Å². The van der Waals surface area contributed by atoms with Gasteiger partial charge in [0.25, 0.3) is 0 Å². The van der Waals surface area contributed by atoms with E-state index >= 15 is 0 Å². The maximum Gasteiger partial charge on any atom is 0.167 e. The zero-order valence-corrected chi connectivity index (χ0v) is 11.2. The summed E-state index contributed by atoms with van der Waals surface area (Å²) in [6, 6.07) is 7.20. The number of likely N-dealkylation sites (tertiary alicyclic amines) is 1. The van der Waals surface area contributed by atoms with Crippen molar-refractivity contribution in [2.75, 3.05) is 26.2 Å². The largest absolute Gasteiger partial charge is 0.493 e. The number of rotatable bonds is 3. The lowest BCUT2D eigenvalue weighted by Gasteiger charge is -2.30. The first-order valence-electron chi connectivity index (χ1n) is 7.31. The molecule has 0 aromatic heterocycles. The third-order valence-corrected chi connectivity index (χ3v) is 4.31. The predicted octanol–water partition coefficient (Wildman–Crippen LogP) is -0.118. The van der Waals surface area contributed by atoms with Crippen LogP contribution in [0.25, 0.3) is 0 Å². The number of ether oxygens (including phenoxy) is 1. The van der Waals surface area contributed by atoms with Crippen LogP contribution in [0, 0.1) is 0 Å². The maximum absolute atomic E-state index is 5.87. The van der Waals surface area contributed by atoms with Gasteiger partial charge in [-0.15, -0.1) is 0 Å². The number of nitrogens with two attached hydrogens (primary N) is 1. The standard InChI is InChI=1S/C15H22N2O/c1-2-18-14-7-5-6-12-10-16-11-13(15(12)14)17-8-3-4-9-17/h5-7,13,16H,2-4,8-11H2,1H3/p+2/t13-/m1/s1. The number of hydrogen-bond donors (Lipinski definition) is 2. The Morgan fingerprint density at radius 3 is 2.94 bits per heavy atom. The minimum Gasteiger partial charge on any atom is -0.493 e. The molecule has 0 unspecified atom stereocenters. The van der Waals surface area contributed by atoms with Crippen molar-refractivity contribution >= 4 is 0 Å². The number of quaternary nitrogens is 2. The third kappa shape index (κ3) is 2.13. The Bertz CT molecular complexity index is 413. The lowest BCUT2D eigenvalue weighted by molar-refractivity contribution is -0.937. The van der Waals surface area contributed by atoms with Crippen LogP contribution in [0.15, 0.2) is 18.2 Å². The summed E-state index contributed by atoms with van der Waals surface area (Å²) in [7, 11) is 0. The second-order valence-corrected chi connectivity index (χ2v) is 5.41. The van der Waals surface area contributed by atoms with Crippen LogP contribution < -0.4 is 15.0 Å². The van der Waals surface area contributed by atoms with E-state index in [1.54, 1.807) is 4.90 Å². The summed E-state index contributed by atoms with van der Waals surface area (Å²) >= 11 is 0. The first-order valence-corrected chi connectivity index (χ1v) is 7.31. The molecule has 2 aliphatic rings. The molecular weight excluding hydrogens is 224 g/mol. The molecule has 2 aliphatic heterocycles. The van der Waals surface area contributed by atoms with Gasteiger partial charge in [0.05, 0.1) is 25.3 Å². The van der Waals surface area contributed by atoms with Crippen LogP contribution in [-0.4, -0.2) is 26.2 Å². The second-order valence-electron chi connectivity index (χ2n) is 5.41. The molecule has 0 bridgehead atoms. The molecule has 0 aliphatic carbocycles. The number of hydrogen-bond acceptors (Lipinski definition) is 1. The number of nitrogens with one attached hydrogen (secondary N) is 1. The summed E-state index contributed by atoms with van der Waals surface area (Å²) in [5.74, 6) is 1.13. The number of benzene rings is 1. The molecule has 3 heteroatoms. The van der Waals surface area contributed by atoms with Gasteiger partial charge in [-0.1, -0.05) is 12.1 Å². The van der Waals surface area contributed by atoms with E-state index in [1.165, 1.54) is 43.6 Å². The van der Waals surface area contributed by atoms with E-state index in [2.05, 4.69) is 30.4 Å². The van der Waals surface area contributed by atoms with Gasteiger partial charge in [-0.3, -0.25) is 0 Å². The Morgan fingerprint density at radius 1 is 1.33 bits per heavy atom. The van der Waals surface area contributed by atoms with Crippen molar-refractivity contribution in [2.45, 2.75) is 32.4 Å². The van der Waals surface area contributed by atoms with Gasteiger partial charge in [-0.25, -0.2) is 0 Å². The van der Waals surface area contributed by atoms with Gasteiger partial charge in [-0.2, -0.15) is 0 Å². The van der Waals surface area contributed by atoms with E-state index in [9.17, 15) is 0 Å². The van der Waals surface area contributed by atoms with Crippen LogP contribution in [-0.2, 0) is 6.54 Å². The fourth-order valence-electron chi connectivity index (χ4n) is 3.52. The molecular formula is C15H24N2O+2. The van der Waals surface area contributed by atoms with Gasteiger partial charge in [0.2, 0.25) is 0 Å². The van der Waals surface area contributed by atoms with Gasteiger partial charge >= 0.3 is 0 Å². The van der Waals surface area contributed by atoms with Crippen molar-refractivity contribution in [3.63, 3.8) is 0 Å². The molecule has 0 spiro atoms. The predicted molar refractivity (Wildman–Crippen MR) is 70.8 cm³/mol. The molecule has 1 atom stereocenters. The molecule has 1 fully saturated rings. The Hall–Kier alpha value is -1.06. The molecule has 1 saturated heterocycles. The average Bonchev–Trinajstić information content (AvgIpc) is 2.92. The minimum atomic E-state index is 0.638. The molecule has 3 rings (SSSR count). The summed E-state index contributed by atoms with van der Waals surface area (Å²) in [5.41, 5.74) is 2.98. The van der Waals surface area contributed by atoms with Gasteiger partial charge in [-0.05, 0) is 13.0 Å². The molecule has 3 nitrogen and oxygen atoms in total. The Kier molecular flexibility index (Phi) is 3.52. The highest BCUT2D eigenvalue weighted by Gasteiger charge is 2.35. The highest BCUT2D eigenvalue weighted by Crippen LogP contribution is 2.28. The zero-order valence-electron chi connectivity index (χ0n) is 11.2. The van der Waals surface area contributed by atoms with Crippen molar-refractivity contribution in [2.24, 2.45) is 0 Å². The first kappa shape index (κ1) is 12.0. The SMILES string of the molecule is CCOc1cccc2c1[C@H]([NH+]1CCCC1)C[NH2+]C2. The molecule has 98 valence electrons. The summed E-state index contributed by atoms with van der Waals surface area (Å²) in [4.78, 5) is 1.76. The van der Waals surface area contributed by atoms with Crippen molar-refractivity contribution in [3.05, 3.63) is 29.3 Å². The smallest absolute Gasteiger partial charge is 0.167 e. The van der Waals surface area contributed by atoms with E-state index in [-0.39, 0.29) is 0 Å². The number of fused-ring (bicyclic) bond motifs is 1. The Labute approximate surface area is 109 Å². The zero-order chi connectivity index (χ0) is 12.4. The molecule has 3 N–H and O–H groups in total. The second kappa shape index (κ2) is 5.29. The topological polar surface area (TPSA) is 30.3 Å². The van der Waals surface area contributed by atoms with Crippen LogP contribution in [0.2, 0.25) is 0 Å². The molecule has 0 saturated carbocycles. The Morgan fingerprint density at radius 2 is 2.17 bits per heavy atom. The van der Waals surface area contributed by atoms with E-state index < -0.39 is 0 Å². The van der Waals surface area contributed by atoms with E-state index in [0.717, 1.165) is 18.9 Å². The van der Waals surface area contributed by atoms with Crippen LogP contribution in [0.1, 0.15) is 36.9 Å². The quantitative estimate of drug-likeness (QED) is 0.768. The fourth-order valence-corrected chi connectivity index (χ4v) is 3.52. The minimum absolute atomic E-state index is 0.638. The first-order chi connectivity index (χ1) is 8.90. The molecule has 1 aromatic carbocycles. The maximum atomic E-state index is 5.87. The molecule has 2 heterocycles. The van der Waals surface area contributed by atoms with Crippen LogP contribution in [0.3, 0.4) is 0 Å². The van der Waals surface area contributed by atoms with Crippen LogP contribution in [0.4, 0.5) is 0 Å². The van der Waals surface area contributed by atoms with E-state index in [0.29, 0.717) is 6.04 Å². The van der Waals surface area contributed by atoms with Crippen molar-refractivity contribution in [1.82, 2.24) is 0 Å². The van der Waals surface area contributed by atoms with Gasteiger partial charge in [0.15, 0.2) is 6.04 Å². The van der Waals surface area contributed by atoms with Gasteiger partial charge < -0.3 is 15.0 Å². The summed E-state index contributed by atoms with van der Waals surface area (Å²) in [6.07, 6.45) is 2.77.